The molecule has 0 atom stereocenters. The van der Waals surface area contributed by atoms with Gasteiger partial charge in [-0.25, -0.2) is 9.71 Å². The van der Waals surface area contributed by atoms with Crippen LogP contribution in [0.5, 0.6) is 0 Å². The van der Waals surface area contributed by atoms with Crippen LogP contribution in [0, 0.1) is 6.92 Å². The van der Waals surface area contributed by atoms with Crippen molar-refractivity contribution in [1.82, 2.24) is 23.6 Å². The van der Waals surface area contributed by atoms with Crippen LogP contribution in [0.1, 0.15) is 21.6 Å². The Kier molecular flexibility index (Phi) is 6.56. The van der Waals surface area contributed by atoms with Crippen LogP contribution < -0.4 is 10.3 Å². The van der Waals surface area contributed by atoms with Gasteiger partial charge in [0.15, 0.2) is 0 Å². The van der Waals surface area contributed by atoms with Gasteiger partial charge in [-0.1, -0.05) is 41.4 Å². The first-order chi connectivity index (χ1) is 18.1. The molecule has 2 N–H and O–H groups in total. The number of H-pyrrole nitrogens is 1. The van der Waals surface area contributed by atoms with Gasteiger partial charge in [0.25, 0.3) is 11.5 Å². The number of nitrogens with one attached hydrogen (secondary N) is 2. The molecule has 0 fully saturated rings. The highest BCUT2D eigenvalue weighted by molar-refractivity contribution is 7.87. The van der Waals surface area contributed by atoms with E-state index < -0.39 is 21.7 Å². The summed E-state index contributed by atoms with van der Waals surface area (Å²) in [5, 5.41) is 1.74. The molecule has 0 saturated heterocycles. The molecule has 0 bridgehead atoms. The number of nitrogens with zero attached hydrogens (tertiary/aromatic N) is 3. The van der Waals surface area contributed by atoms with Gasteiger partial charge in [-0.2, -0.15) is 12.7 Å². The smallest absolute Gasteiger partial charge is 0.303 e. The fraction of sp³-hybridized carbons (Fsp3) is 0.148. The molecule has 0 spiro atoms. The second kappa shape index (κ2) is 9.71. The van der Waals surface area contributed by atoms with Crippen LogP contribution >= 0.6 is 11.6 Å². The van der Waals surface area contributed by atoms with E-state index in [4.69, 9.17) is 11.6 Å². The molecule has 2 aromatic carbocycles. The summed E-state index contributed by atoms with van der Waals surface area (Å²) in [6.45, 7) is 2.00. The summed E-state index contributed by atoms with van der Waals surface area (Å²) in [7, 11) is -1.50. The highest BCUT2D eigenvalue weighted by Crippen LogP contribution is 2.36. The summed E-state index contributed by atoms with van der Waals surface area (Å²) in [4.78, 5) is 33.8. The molecular weight excluding hydrogens is 526 g/mol. The Morgan fingerprint density at radius 1 is 1.11 bits per heavy atom. The number of para-hydroxylation sites is 1. The van der Waals surface area contributed by atoms with Gasteiger partial charge >= 0.3 is 10.2 Å². The monoisotopic (exact) mass is 549 g/mol. The summed E-state index contributed by atoms with van der Waals surface area (Å²) < 4.78 is 30.0. The highest BCUT2D eigenvalue weighted by Gasteiger charge is 2.29. The van der Waals surface area contributed by atoms with Crippen molar-refractivity contribution in [1.29, 1.82) is 0 Å². The van der Waals surface area contributed by atoms with Crippen LogP contribution in [0.25, 0.3) is 32.9 Å². The molecule has 0 radical (unpaired) electrons. The summed E-state index contributed by atoms with van der Waals surface area (Å²) in [6, 6.07) is 18.2. The summed E-state index contributed by atoms with van der Waals surface area (Å²) in [5.41, 5.74) is 3.03. The summed E-state index contributed by atoms with van der Waals surface area (Å²) in [6.07, 6.45) is 1.49. The van der Waals surface area contributed by atoms with Gasteiger partial charge in [0.05, 0.1) is 12.1 Å². The molecule has 0 aliphatic rings. The van der Waals surface area contributed by atoms with E-state index in [9.17, 15) is 18.0 Å². The molecule has 38 heavy (non-hydrogen) atoms. The van der Waals surface area contributed by atoms with Crippen LogP contribution in [0.15, 0.2) is 71.7 Å². The minimum absolute atomic E-state index is 0.0111. The molecule has 3 heterocycles. The lowest BCUT2D eigenvalue weighted by molar-refractivity contribution is 0.0972. The van der Waals surface area contributed by atoms with Crippen molar-refractivity contribution in [3.63, 3.8) is 0 Å². The number of fused-ring (bicyclic) bond motifs is 2. The van der Waals surface area contributed by atoms with Gasteiger partial charge in [-0.3, -0.25) is 9.59 Å². The van der Waals surface area contributed by atoms with Crippen molar-refractivity contribution in [3.8, 4) is 11.1 Å². The Hall–Kier alpha value is -3.99. The number of pyridine rings is 2. The zero-order valence-electron chi connectivity index (χ0n) is 20.8. The Balaban J connectivity index is 1.82. The lowest BCUT2D eigenvalue weighted by Crippen LogP contribution is -2.40. The van der Waals surface area contributed by atoms with Crippen LogP contribution in [-0.2, 0) is 16.8 Å². The molecular formula is C27H24ClN5O4S. The number of carbonyl (C=O) groups is 1. The number of hydrogen-bond donors (Lipinski definition) is 2. The fourth-order valence-corrected chi connectivity index (χ4v) is 5.15. The second-order valence-electron chi connectivity index (χ2n) is 9.09. The van der Waals surface area contributed by atoms with Crippen LogP contribution in [0.3, 0.4) is 0 Å². The highest BCUT2D eigenvalue weighted by atomic mass is 35.5. The van der Waals surface area contributed by atoms with E-state index in [0.29, 0.717) is 22.0 Å². The third-order valence-electron chi connectivity index (χ3n) is 6.30. The molecule has 0 saturated carbocycles. The van der Waals surface area contributed by atoms with Crippen molar-refractivity contribution in [2.24, 2.45) is 0 Å². The lowest BCUT2D eigenvalue weighted by Gasteiger charge is -2.16. The topological polar surface area (TPSA) is 117 Å². The average Bonchev–Trinajstić information content (AvgIpc) is 3.17. The van der Waals surface area contributed by atoms with Crippen LogP contribution in [-0.4, -0.2) is 47.3 Å². The van der Waals surface area contributed by atoms with Gasteiger partial charge in [0, 0.05) is 53.3 Å². The summed E-state index contributed by atoms with van der Waals surface area (Å²) >= 11 is 6.58. The van der Waals surface area contributed by atoms with E-state index in [1.165, 1.54) is 20.3 Å². The number of hydrogen-bond acceptors (Lipinski definition) is 5. The van der Waals surface area contributed by atoms with E-state index in [2.05, 4.69) is 14.7 Å². The average molecular weight is 550 g/mol. The van der Waals surface area contributed by atoms with Crippen molar-refractivity contribution in [3.05, 3.63) is 99.2 Å². The Labute approximate surface area is 223 Å². The minimum atomic E-state index is -4.13. The zero-order chi connectivity index (χ0) is 27.2. The first-order valence-electron chi connectivity index (χ1n) is 11.7. The van der Waals surface area contributed by atoms with E-state index in [1.54, 1.807) is 16.7 Å². The maximum absolute atomic E-state index is 13.7. The Morgan fingerprint density at radius 3 is 2.61 bits per heavy atom. The molecule has 0 aliphatic carbocycles. The number of aromatic nitrogens is 3. The molecule has 1 amide bonds. The minimum Gasteiger partial charge on any atom is -0.331 e. The van der Waals surface area contributed by atoms with Crippen molar-refractivity contribution < 1.29 is 13.2 Å². The number of rotatable bonds is 6. The standard InChI is InChI=1S/C27H24ClN5O4S/c1-16-10-11-22-20(13-16)23(19-8-6-12-29-26(19)34)24(27(35)31-38(36,37)32(2)3)33(22)15-18-14-17-7-4-5-9-21(17)30-25(18)28/h4-14H,15H2,1-3H3,(H,29,34)(H,31,35). The van der Waals surface area contributed by atoms with E-state index in [1.807, 2.05) is 55.5 Å². The van der Waals surface area contributed by atoms with E-state index >= 15 is 0 Å². The maximum atomic E-state index is 13.7. The van der Waals surface area contributed by atoms with E-state index in [-0.39, 0.29) is 23.0 Å². The number of halogens is 1. The van der Waals surface area contributed by atoms with Gasteiger partial charge in [0.1, 0.15) is 10.8 Å². The maximum Gasteiger partial charge on any atom is 0.303 e. The van der Waals surface area contributed by atoms with Crippen LogP contribution in [0.2, 0.25) is 5.15 Å². The van der Waals surface area contributed by atoms with Crippen LogP contribution in [0.4, 0.5) is 0 Å². The zero-order valence-corrected chi connectivity index (χ0v) is 22.4. The normalized spacial score (nSPS) is 11.9. The molecule has 0 aliphatic heterocycles. The van der Waals surface area contributed by atoms with Gasteiger partial charge in [-0.15, -0.1) is 0 Å². The number of aromatic amines is 1. The fourth-order valence-electron chi connectivity index (χ4n) is 4.43. The second-order valence-corrected chi connectivity index (χ2v) is 11.3. The third-order valence-corrected chi connectivity index (χ3v) is 8.03. The predicted octanol–water partition coefficient (Wildman–Crippen LogP) is 4.09. The largest absolute Gasteiger partial charge is 0.331 e. The molecule has 5 rings (SSSR count). The third kappa shape index (κ3) is 4.58. The van der Waals surface area contributed by atoms with Crippen molar-refractivity contribution >= 4 is 49.5 Å². The van der Waals surface area contributed by atoms with Crippen molar-refractivity contribution in [2.45, 2.75) is 13.5 Å². The van der Waals surface area contributed by atoms with E-state index in [0.717, 1.165) is 20.8 Å². The quantitative estimate of drug-likeness (QED) is 0.309. The van der Waals surface area contributed by atoms with Crippen molar-refractivity contribution in [2.75, 3.05) is 14.1 Å². The Morgan fingerprint density at radius 2 is 1.87 bits per heavy atom. The molecule has 11 heteroatoms. The molecule has 9 nitrogen and oxygen atoms in total. The van der Waals surface area contributed by atoms with Gasteiger partial charge in [-0.05, 0) is 43.3 Å². The summed E-state index contributed by atoms with van der Waals surface area (Å²) in [5.74, 6) is -0.879. The molecule has 194 valence electrons. The molecule has 0 unspecified atom stereocenters. The number of amides is 1. The lowest BCUT2D eigenvalue weighted by atomic mass is 10.0. The number of aryl methyl sites for hydroxylation is 1. The first kappa shape index (κ1) is 25.7. The molecule has 3 aromatic heterocycles. The predicted molar refractivity (Wildman–Crippen MR) is 149 cm³/mol. The first-order valence-corrected chi connectivity index (χ1v) is 13.5. The van der Waals surface area contributed by atoms with Gasteiger partial charge in [0.2, 0.25) is 0 Å². The number of benzene rings is 2. The Bertz CT molecular complexity index is 1890. The molecule has 5 aromatic rings. The SMILES string of the molecule is Cc1ccc2c(c1)c(-c1ccc[nH]c1=O)c(C(=O)NS(=O)(=O)N(C)C)n2Cc1cc2ccccc2nc1Cl. The van der Waals surface area contributed by atoms with Gasteiger partial charge < -0.3 is 9.55 Å². The number of carbonyl (C=O) groups excluding carboxylic acids is 1.